The zero-order valence-corrected chi connectivity index (χ0v) is 9.86. The minimum absolute atomic E-state index is 0.870. The summed E-state index contributed by atoms with van der Waals surface area (Å²) in [7, 11) is 0. The van der Waals surface area contributed by atoms with Crippen molar-refractivity contribution in [2.75, 3.05) is 26.3 Å². The molecule has 0 unspecified atom stereocenters. The Kier molecular flexibility index (Phi) is 4.14. The van der Waals surface area contributed by atoms with Crippen molar-refractivity contribution < 1.29 is 4.74 Å². The molecule has 1 aliphatic rings. The number of ether oxygens (including phenoxy) is 1. The van der Waals surface area contributed by atoms with E-state index in [-0.39, 0.29) is 0 Å². The van der Waals surface area contributed by atoms with Crippen LogP contribution in [0.25, 0.3) is 6.08 Å². The Morgan fingerprint density at radius 2 is 2.12 bits per heavy atom. The van der Waals surface area contributed by atoms with E-state index in [9.17, 15) is 0 Å². The number of hydrogen-bond acceptors (Lipinski definition) is 2. The second kappa shape index (κ2) is 5.83. The first-order valence-corrected chi connectivity index (χ1v) is 5.90. The lowest BCUT2D eigenvalue weighted by molar-refractivity contribution is 0.0342. The first-order chi connectivity index (χ1) is 7.88. The zero-order valence-electron chi connectivity index (χ0n) is 9.86. The summed E-state index contributed by atoms with van der Waals surface area (Å²) in [6.45, 7) is 6.92. The molecule has 0 N–H and O–H groups in total. The molecule has 2 nitrogen and oxygen atoms in total. The Morgan fingerprint density at radius 3 is 2.88 bits per heavy atom. The van der Waals surface area contributed by atoms with Gasteiger partial charge < -0.3 is 4.74 Å². The summed E-state index contributed by atoms with van der Waals surface area (Å²) in [5, 5.41) is 0. The first-order valence-electron chi connectivity index (χ1n) is 5.90. The topological polar surface area (TPSA) is 12.5 Å². The van der Waals surface area contributed by atoms with Crippen molar-refractivity contribution in [3.8, 4) is 0 Å². The van der Waals surface area contributed by atoms with Crippen LogP contribution in [0.1, 0.15) is 18.1 Å². The molecule has 0 aromatic heterocycles. The van der Waals surface area contributed by atoms with Gasteiger partial charge in [0.2, 0.25) is 0 Å². The van der Waals surface area contributed by atoms with Gasteiger partial charge in [0, 0.05) is 19.6 Å². The second-order valence-electron chi connectivity index (χ2n) is 4.13. The Bertz CT molecular complexity index is 354. The zero-order chi connectivity index (χ0) is 11.2. The van der Waals surface area contributed by atoms with E-state index in [0.29, 0.717) is 0 Å². The van der Waals surface area contributed by atoms with Gasteiger partial charge in [-0.2, -0.15) is 0 Å². The summed E-state index contributed by atoms with van der Waals surface area (Å²) >= 11 is 0. The van der Waals surface area contributed by atoms with Crippen LogP contribution in [0.15, 0.2) is 30.3 Å². The highest BCUT2D eigenvalue weighted by Gasteiger charge is 2.10. The maximum Gasteiger partial charge on any atom is 0.0594 e. The molecule has 16 heavy (non-hydrogen) atoms. The molecule has 0 saturated carbocycles. The summed E-state index contributed by atoms with van der Waals surface area (Å²) in [6, 6.07) is 8.73. The molecular weight excluding hydrogens is 198 g/mol. The fraction of sp³-hybridized carbons (Fsp3) is 0.429. The van der Waals surface area contributed by atoms with E-state index >= 15 is 0 Å². The Morgan fingerprint density at radius 1 is 1.31 bits per heavy atom. The lowest BCUT2D eigenvalue weighted by atomic mass is 10.1. The summed E-state index contributed by atoms with van der Waals surface area (Å²) in [5.41, 5.74) is 2.67. The molecule has 1 fully saturated rings. The standard InChI is InChI=1S/C14H19NO/c1-2-4-13-5-3-6-14(11-13)12-15-7-9-16-10-8-15/h2-6,11H,7-10,12H2,1H3/b4-2+. The molecule has 2 heteroatoms. The molecule has 2 rings (SSSR count). The van der Waals surface area contributed by atoms with Crippen LogP contribution < -0.4 is 0 Å². The molecule has 1 saturated heterocycles. The van der Waals surface area contributed by atoms with Crippen LogP contribution in [0.2, 0.25) is 0 Å². The first kappa shape index (κ1) is 11.4. The second-order valence-corrected chi connectivity index (χ2v) is 4.13. The quantitative estimate of drug-likeness (QED) is 0.771. The van der Waals surface area contributed by atoms with E-state index in [1.165, 1.54) is 11.1 Å². The van der Waals surface area contributed by atoms with Gasteiger partial charge in [-0.15, -0.1) is 0 Å². The van der Waals surface area contributed by atoms with Crippen molar-refractivity contribution in [3.05, 3.63) is 41.5 Å². The number of morpholine rings is 1. The van der Waals surface area contributed by atoms with Crippen LogP contribution in [0.3, 0.4) is 0 Å². The van der Waals surface area contributed by atoms with Crippen LogP contribution in [0.4, 0.5) is 0 Å². The summed E-state index contributed by atoms with van der Waals surface area (Å²) in [6.07, 6.45) is 4.22. The molecule has 86 valence electrons. The van der Waals surface area contributed by atoms with E-state index in [0.717, 1.165) is 32.8 Å². The minimum Gasteiger partial charge on any atom is -0.379 e. The third-order valence-electron chi connectivity index (χ3n) is 2.82. The van der Waals surface area contributed by atoms with Crippen LogP contribution in [-0.2, 0) is 11.3 Å². The van der Waals surface area contributed by atoms with Crippen molar-refractivity contribution >= 4 is 6.08 Å². The highest BCUT2D eigenvalue weighted by Crippen LogP contribution is 2.10. The molecule has 1 aromatic carbocycles. The van der Waals surface area contributed by atoms with Gasteiger partial charge in [0.05, 0.1) is 13.2 Å². The highest BCUT2D eigenvalue weighted by molar-refractivity contribution is 5.49. The third kappa shape index (κ3) is 3.19. The van der Waals surface area contributed by atoms with E-state index in [2.05, 4.69) is 48.2 Å². The number of rotatable bonds is 3. The number of hydrogen-bond donors (Lipinski definition) is 0. The Balaban J connectivity index is 1.99. The van der Waals surface area contributed by atoms with Crippen molar-refractivity contribution in [2.24, 2.45) is 0 Å². The van der Waals surface area contributed by atoms with Crippen molar-refractivity contribution in [1.82, 2.24) is 4.90 Å². The normalized spacial score (nSPS) is 18.1. The van der Waals surface area contributed by atoms with Crippen LogP contribution in [0.5, 0.6) is 0 Å². The van der Waals surface area contributed by atoms with Gasteiger partial charge in [-0.1, -0.05) is 36.4 Å². The van der Waals surface area contributed by atoms with Gasteiger partial charge in [0.15, 0.2) is 0 Å². The summed E-state index contributed by atoms with van der Waals surface area (Å²) in [5.74, 6) is 0. The summed E-state index contributed by atoms with van der Waals surface area (Å²) < 4.78 is 5.35. The third-order valence-corrected chi connectivity index (χ3v) is 2.82. The van der Waals surface area contributed by atoms with E-state index < -0.39 is 0 Å². The van der Waals surface area contributed by atoms with Gasteiger partial charge in [-0.3, -0.25) is 4.90 Å². The predicted molar refractivity (Wildman–Crippen MR) is 67.2 cm³/mol. The lowest BCUT2D eigenvalue weighted by Crippen LogP contribution is -2.35. The van der Waals surface area contributed by atoms with Gasteiger partial charge in [-0.05, 0) is 18.1 Å². The Labute approximate surface area is 97.5 Å². The molecule has 0 amide bonds. The number of nitrogens with zero attached hydrogens (tertiary/aromatic N) is 1. The maximum absolute atomic E-state index is 5.35. The van der Waals surface area contributed by atoms with E-state index in [1.807, 2.05) is 0 Å². The fourth-order valence-corrected chi connectivity index (χ4v) is 2.01. The number of allylic oxidation sites excluding steroid dienone is 1. The average Bonchev–Trinajstić information content (AvgIpc) is 2.31. The average molecular weight is 217 g/mol. The monoisotopic (exact) mass is 217 g/mol. The van der Waals surface area contributed by atoms with Crippen LogP contribution in [-0.4, -0.2) is 31.2 Å². The Hall–Kier alpha value is -1.12. The van der Waals surface area contributed by atoms with Crippen LogP contribution in [0, 0.1) is 0 Å². The van der Waals surface area contributed by atoms with Crippen molar-refractivity contribution in [1.29, 1.82) is 0 Å². The molecule has 0 atom stereocenters. The lowest BCUT2D eigenvalue weighted by Gasteiger charge is -2.26. The fourth-order valence-electron chi connectivity index (χ4n) is 2.01. The largest absolute Gasteiger partial charge is 0.379 e. The molecule has 0 radical (unpaired) electrons. The molecule has 1 aromatic rings. The van der Waals surface area contributed by atoms with Gasteiger partial charge in [-0.25, -0.2) is 0 Å². The molecule has 0 bridgehead atoms. The number of benzene rings is 1. The SMILES string of the molecule is C/C=C/c1cccc(CN2CCOCC2)c1. The highest BCUT2D eigenvalue weighted by atomic mass is 16.5. The van der Waals surface area contributed by atoms with Gasteiger partial charge in [0.25, 0.3) is 0 Å². The predicted octanol–water partition coefficient (Wildman–Crippen LogP) is 2.55. The smallest absolute Gasteiger partial charge is 0.0594 e. The summed E-state index contributed by atoms with van der Waals surface area (Å²) in [4.78, 5) is 2.44. The minimum atomic E-state index is 0.870. The molecule has 1 aliphatic heterocycles. The van der Waals surface area contributed by atoms with Crippen molar-refractivity contribution in [2.45, 2.75) is 13.5 Å². The van der Waals surface area contributed by atoms with Crippen LogP contribution >= 0.6 is 0 Å². The molecule has 0 spiro atoms. The van der Waals surface area contributed by atoms with E-state index in [1.54, 1.807) is 0 Å². The molecule has 0 aliphatic carbocycles. The van der Waals surface area contributed by atoms with Gasteiger partial charge in [0.1, 0.15) is 0 Å². The van der Waals surface area contributed by atoms with Crippen molar-refractivity contribution in [3.63, 3.8) is 0 Å². The van der Waals surface area contributed by atoms with E-state index in [4.69, 9.17) is 4.74 Å². The maximum atomic E-state index is 5.35. The van der Waals surface area contributed by atoms with Gasteiger partial charge >= 0.3 is 0 Å². The molecule has 1 heterocycles. The molecular formula is C14H19NO.